The van der Waals surface area contributed by atoms with Crippen molar-refractivity contribution in [2.24, 2.45) is 5.10 Å². The Morgan fingerprint density at radius 3 is 2.44 bits per heavy atom. The van der Waals surface area contributed by atoms with Gasteiger partial charge in [0.1, 0.15) is 5.58 Å². The number of para-hydroxylation sites is 1. The predicted octanol–water partition coefficient (Wildman–Crippen LogP) is 5.44. The molecule has 6 heteroatoms. The monoisotopic (exact) mass is 426 g/mol. The topological polar surface area (TPSA) is 64.3 Å². The van der Waals surface area contributed by atoms with Gasteiger partial charge in [-0.15, -0.1) is 0 Å². The summed E-state index contributed by atoms with van der Waals surface area (Å²) in [4.78, 5) is 13.5. The van der Waals surface area contributed by atoms with Crippen molar-refractivity contribution in [1.29, 1.82) is 0 Å². The van der Waals surface area contributed by atoms with Gasteiger partial charge in [-0.2, -0.15) is 5.10 Å². The maximum atomic E-state index is 13.5. The second kappa shape index (κ2) is 8.23. The van der Waals surface area contributed by atoms with Gasteiger partial charge in [0, 0.05) is 11.8 Å². The van der Waals surface area contributed by atoms with Crippen LogP contribution in [0, 0.1) is 0 Å². The summed E-state index contributed by atoms with van der Waals surface area (Å²) in [5, 5.41) is 7.12. The number of hydrazone groups is 1. The highest BCUT2D eigenvalue weighted by molar-refractivity contribution is 6.05. The number of hydrogen-bond donors (Lipinski definition) is 0. The van der Waals surface area contributed by atoms with Crippen molar-refractivity contribution < 1.29 is 18.7 Å². The van der Waals surface area contributed by atoms with E-state index in [1.807, 2.05) is 72.8 Å². The zero-order chi connectivity index (χ0) is 22.1. The zero-order valence-corrected chi connectivity index (χ0v) is 17.8. The molecule has 4 aromatic rings. The van der Waals surface area contributed by atoms with E-state index in [2.05, 4.69) is 0 Å². The minimum absolute atomic E-state index is 0.259. The molecule has 0 N–H and O–H groups in total. The predicted molar refractivity (Wildman–Crippen MR) is 122 cm³/mol. The molecule has 0 saturated carbocycles. The van der Waals surface area contributed by atoms with E-state index in [1.54, 1.807) is 20.3 Å². The number of fused-ring (bicyclic) bond motifs is 1. The van der Waals surface area contributed by atoms with E-state index < -0.39 is 0 Å². The zero-order valence-electron chi connectivity index (χ0n) is 17.8. The van der Waals surface area contributed by atoms with Crippen LogP contribution in [-0.2, 0) is 0 Å². The molecule has 1 aromatic heterocycles. The summed E-state index contributed by atoms with van der Waals surface area (Å²) in [6, 6.07) is 24.6. The summed E-state index contributed by atoms with van der Waals surface area (Å²) >= 11 is 0. The van der Waals surface area contributed by atoms with Gasteiger partial charge >= 0.3 is 5.91 Å². The van der Waals surface area contributed by atoms with Gasteiger partial charge < -0.3 is 13.9 Å². The van der Waals surface area contributed by atoms with Crippen LogP contribution in [0.25, 0.3) is 11.0 Å². The number of nitrogens with zero attached hydrogens (tertiary/aromatic N) is 2. The molecule has 160 valence electrons. The standard InChI is InChI=1S/C26H22N2O4/c1-30-23-13-12-18(14-24(23)31-2)21-16-20(17-8-4-3-5-9-17)27-28(21)26(29)25-15-19-10-6-7-11-22(19)32-25/h3-15,21H,16H2,1-2H3. The summed E-state index contributed by atoms with van der Waals surface area (Å²) in [5.41, 5.74) is 3.40. The summed E-state index contributed by atoms with van der Waals surface area (Å²) in [7, 11) is 3.20. The van der Waals surface area contributed by atoms with Crippen molar-refractivity contribution in [3.63, 3.8) is 0 Å². The smallest absolute Gasteiger partial charge is 0.310 e. The molecule has 1 atom stereocenters. The Hall–Kier alpha value is -4.06. The Labute approximate surface area is 185 Å². The van der Waals surface area contributed by atoms with Gasteiger partial charge in [0.25, 0.3) is 0 Å². The van der Waals surface area contributed by atoms with E-state index in [1.165, 1.54) is 5.01 Å². The number of ether oxygens (including phenoxy) is 2. The fourth-order valence-corrected chi connectivity index (χ4v) is 4.02. The van der Waals surface area contributed by atoms with Crippen LogP contribution in [0.1, 0.15) is 34.1 Å². The summed E-state index contributed by atoms with van der Waals surface area (Å²) in [6.07, 6.45) is 0.575. The van der Waals surface area contributed by atoms with Crippen LogP contribution in [0.15, 0.2) is 88.4 Å². The lowest BCUT2D eigenvalue weighted by Crippen LogP contribution is -2.26. The van der Waals surface area contributed by atoms with E-state index in [0.29, 0.717) is 23.5 Å². The van der Waals surface area contributed by atoms with E-state index in [9.17, 15) is 4.79 Å². The number of benzene rings is 3. The molecule has 1 aliphatic heterocycles. The molecule has 2 heterocycles. The molecule has 0 fully saturated rings. The normalized spacial score (nSPS) is 15.6. The van der Waals surface area contributed by atoms with Gasteiger partial charge in [-0.3, -0.25) is 4.79 Å². The van der Waals surface area contributed by atoms with Crippen LogP contribution in [0.2, 0.25) is 0 Å². The van der Waals surface area contributed by atoms with Crippen LogP contribution in [0.5, 0.6) is 11.5 Å². The van der Waals surface area contributed by atoms with Gasteiger partial charge in [0.05, 0.1) is 26.0 Å². The van der Waals surface area contributed by atoms with Crippen LogP contribution < -0.4 is 9.47 Å². The molecule has 1 amide bonds. The number of amides is 1. The number of carbonyl (C=O) groups is 1. The average molecular weight is 426 g/mol. The summed E-state index contributed by atoms with van der Waals surface area (Å²) < 4.78 is 16.7. The van der Waals surface area contributed by atoms with Crippen molar-refractivity contribution in [2.75, 3.05) is 14.2 Å². The third-order valence-corrected chi connectivity index (χ3v) is 5.65. The van der Waals surface area contributed by atoms with Crippen LogP contribution in [0.4, 0.5) is 0 Å². The minimum atomic E-state index is -0.300. The third-order valence-electron chi connectivity index (χ3n) is 5.65. The van der Waals surface area contributed by atoms with Crippen molar-refractivity contribution in [3.05, 3.63) is 95.7 Å². The van der Waals surface area contributed by atoms with Gasteiger partial charge in [-0.1, -0.05) is 54.6 Å². The largest absolute Gasteiger partial charge is 0.493 e. The number of hydrogen-bond acceptors (Lipinski definition) is 5. The van der Waals surface area contributed by atoms with Gasteiger partial charge in [0.2, 0.25) is 0 Å². The first-order chi connectivity index (χ1) is 15.7. The molecule has 0 saturated heterocycles. The van der Waals surface area contributed by atoms with Crippen LogP contribution in [0.3, 0.4) is 0 Å². The maximum Gasteiger partial charge on any atom is 0.310 e. The van der Waals surface area contributed by atoms with E-state index in [4.69, 9.17) is 19.0 Å². The van der Waals surface area contributed by atoms with Gasteiger partial charge in [-0.05, 0) is 35.4 Å². The number of rotatable bonds is 5. The molecule has 0 aliphatic carbocycles. The molecule has 1 aliphatic rings. The van der Waals surface area contributed by atoms with E-state index in [-0.39, 0.29) is 17.7 Å². The second-order valence-corrected chi connectivity index (χ2v) is 7.55. The minimum Gasteiger partial charge on any atom is -0.493 e. The van der Waals surface area contributed by atoms with Crippen molar-refractivity contribution in [2.45, 2.75) is 12.5 Å². The molecule has 1 unspecified atom stereocenters. The van der Waals surface area contributed by atoms with E-state index >= 15 is 0 Å². The first-order valence-electron chi connectivity index (χ1n) is 10.3. The molecule has 32 heavy (non-hydrogen) atoms. The highest BCUT2D eigenvalue weighted by atomic mass is 16.5. The van der Waals surface area contributed by atoms with Crippen LogP contribution >= 0.6 is 0 Å². The Balaban J connectivity index is 1.56. The Kier molecular flexibility index (Phi) is 5.11. The fraction of sp³-hybridized carbons (Fsp3) is 0.154. The number of carbonyl (C=O) groups excluding carboxylic acids is 1. The lowest BCUT2D eigenvalue weighted by atomic mass is 9.98. The van der Waals surface area contributed by atoms with Crippen LogP contribution in [-0.4, -0.2) is 30.8 Å². The Bertz CT molecular complexity index is 1280. The number of methoxy groups -OCH3 is 2. The Morgan fingerprint density at radius 2 is 1.69 bits per heavy atom. The van der Waals surface area contributed by atoms with Gasteiger partial charge in [-0.25, -0.2) is 5.01 Å². The second-order valence-electron chi connectivity index (χ2n) is 7.55. The molecule has 0 spiro atoms. The maximum absolute atomic E-state index is 13.5. The summed E-state index contributed by atoms with van der Waals surface area (Å²) in [6.45, 7) is 0. The highest BCUT2D eigenvalue weighted by Crippen LogP contribution is 2.38. The lowest BCUT2D eigenvalue weighted by Gasteiger charge is -2.22. The van der Waals surface area contributed by atoms with Gasteiger partial charge in [0.15, 0.2) is 17.3 Å². The number of furan rings is 1. The first-order valence-corrected chi connectivity index (χ1v) is 10.3. The van der Waals surface area contributed by atoms with E-state index in [0.717, 1.165) is 22.2 Å². The molecule has 6 nitrogen and oxygen atoms in total. The highest BCUT2D eigenvalue weighted by Gasteiger charge is 2.35. The molecule has 0 radical (unpaired) electrons. The third kappa shape index (κ3) is 3.50. The van der Waals surface area contributed by atoms with Crippen molar-refractivity contribution in [3.8, 4) is 11.5 Å². The SMILES string of the molecule is COc1ccc(C2CC(c3ccccc3)=NN2C(=O)c2cc3ccccc3o2)cc1OC. The lowest BCUT2D eigenvalue weighted by molar-refractivity contribution is 0.0680. The first kappa shape index (κ1) is 19.9. The molecule has 0 bridgehead atoms. The molecular formula is C26H22N2O4. The summed E-state index contributed by atoms with van der Waals surface area (Å²) in [5.74, 6) is 1.21. The molecule has 3 aromatic carbocycles. The quantitative estimate of drug-likeness (QED) is 0.426. The molecule has 5 rings (SSSR count). The van der Waals surface area contributed by atoms with Crippen molar-refractivity contribution in [1.82, 2.24) is 5.01 Å². The Morgan fingerprint density at radius 1 is 0.938 bits per heavy atom. The average Bonchev–Trinajstić information content (AvgIpc) is 3.49. The fourth-order valence-electron chi connectivity index (χ4n) is 4.02. The van der Waals surface area contributed by atoms with Crippen molar-refractivity contribution >= 4 is 22.6 Å². The molecular weight excluding hydrogens is 404 g/mol.